The molecule has 1 aromatic heterocycles. The summed E-state index contributed by atoms with van der Waals surface area (Å²) in [4.78, 5) is 1.24. The van der Waals surface area contributed by atoms with Gasteiger partial charge in [0.2, 0.25) is 0 Å². The lowest BCUT2D eigenvalue weighted by atomic mass is 10.0. The first-order chi connectivity index (χ1) is 7.22. The lowest BCUT2D eigenvalue weighted by molar-refractivity contribution is 0.611. The van der Waals surface area contributed by atoms with Gasteiger partial charge in [-0.2, -0.15) is 0 Å². The zero-order chi connectivity index (χ0) is 10.8. The van der Waals surface area contributed by atoms with Crippen molar-refractivity contribution >= 4 is 11.3 Å². The summed E-state index contributed by atoms with van der Waals surface area (Å²) in [6.45, 7) is 2.30. The van der Waals surface area contributed by atoms with Crippen LogP contribution in [0.5, 0.6) is 0 Å². The Hall–Kier alpha value is -1.19. The van der Waals surface area contributed by atoms with E-state index in [0.29, 0.717) is 5.56 Å². The van der Waals surface area contributed by atoms with E-state index in [4.69, 9.17) is 5.73 Å². The van der Waals surface area contributed by atoms with Gasteiger partial charge >= 0.3 is 0 Å². The van der Waals surface area contributed by atoms with Crippen molar-refractivity contribution in [3.8, 4) is 11.1 Å². The molecule has 78 valence electrons. The number of aryl methyl sites for hydroxylation is 1. The molecular formula is C12H12FNS. The number of benzene rings is 1. The van der Waals surface area contributed by atoms with Gasteiger partial charge in [-0.25, -0.2) is 4.39 Å². The maximum absolute atomic E-state index is 13.2. The Balaban J connectivity index is 2.51. The molecule has 3 heteroatoms. The Kier molecular flexibility index (Phi) is 2.84. The van der Waals surface area contributed by atoms with Crippen LogP contribution in [0.2, 0.25) is 0 Å². The predicted molar refractivity (Wildman–Crippen MR) is 62.3 cm³/mol. The lowest BCUT2D eigenvalue weighted by Crippen LogP contribution is -1.99. The smallest absolute Gasteiger partial charge is 0.127 e. The van der Waals surface area contributed by atoms with Crippen LogP contribution in [0.25, 0.3) is 11.1 Å². The van der Waals surface area contributed by atoms with E-state index in [1.165, 1.54) is 10.9 Å². The first kappa shape index (κ1) is 10.3. The Morgan fingerprint density at radius 1 is 1.33 bits per heavy atom. The van der Waals surface area contributed by atoms with E-state index in [0.717, 1.165) is 11.1 Å². The Bertz CT molecular complexity index is 476. The van der Waals surface area contributed by atoms with Gasteiger partial charge in [-0.05, 0) is 41.6 Å². The molecule has 0 unspecified atom stereocenters. The minimum Gasteiger partial charge on any atom is -0.326 e. The molecule has 1 nitrogen and oxygen atoms in total. The molecule has 0 fully saturated rings. The molecule has 2 N–H and O–H groups in total. The van der Waals surface area contributed by atoms with Gasteiger partial charge in [0, 0.05) is 17.0 Å². The van der Waals surface area contributed by atoms with Crippen LogP contribution in [0.3, 0.4) is 0 Å². The second kappa shape index (κ2) is 4.13. The number of thiophene rings is 1. The first-order valence-electron chi connectivity index (χ1n) is 4.75. The molecule has 1 aromatic carbocycles. The Labute approximate surface area is 92.4 Å². The minimum absolute atomic E-state index is 0.228. The van der Waals surface area contributed by atoms with E-state index in [1.54, 1.807) is 17.4 Å². The second-order valence-corrected chi connectivity index (χ2v) is 4.52. The molecule has 0 atom stereocenters. The third kappa shape index (κ3) is 1.94. The largest absolute Gasteiger partial charge is 0.326 e. The molecule has 2 aromatic rings. The molecule has 0 aliphatic heterocycles. The summed E-state index contributed by atoms with van der Waals surface area (Å²) in [6, 6.07) is 7.15. The highest BCUT2D eigenvalue weighted by molar-refractivity contribution is 7.10. The Morgan fingerprint density at radius 3 is 2.73 bits per heavy atom. The molecule has 0 saturated heterocycles. The van der Waals surface area contributed by atoms with Crippen molar-refractivity contribution < 1.29 is 4.39 Å². The maximum atomic E-state index is 13.2. The molecule has 0 aliphatic rings. The molecule has 0 aliphatic carbocycles. The van der Waals surface area contributed by atoms with Crippen molar-refractivity contribution in [2.75, 3.05) is 0 Å². The van der Waals surface area contributed by atoms with Gasteiger partial charge in [0.25, 0.3) is 0 Å². The number of halogens is 1. The second-order valence-electron chi connectivity index (χ2n) is 3.40. The molecule has 1 heterocycles. The van der Waals surface area contributed by atoms with E-state index in [2.05, 4.69) is 6.92 Å². The SMILES string of the molecule is Cc1sccc1-c1ccc(F)c(CN)c1. The van der Waals surface area contributed by atoms with Crippen LogP contribution < -0.4 is 5.73 Å². The van der Waals surface area contributed by atoms with Crippen molar-refractivity contribution in [3.63, 3.8) is 0 Å². The summed E-state index contributed by atoms with van der Waals surface area (Å²) in [5.74, 6) is -0.228. The summed E-state index contributed by atoms with van der Waals surface area (Å²) in [5, 5.41) is 2.04. The molecular weight excluding hydrogens is 209 g/mol. The highest BCUT2D eigenvalue weighted by Gasteiger charge is 2.06. The fourth-order valence-electron chi connectivity index (χ4n) is 1.58. The van der Waals surface area contributed by atoms with Crippen molar-refractivity contribution in [2.45, 2.75) is 13.5 Å². The van der Waals surface area contributed by atoms with Crippen molar-refractivity contribution in [2.24, 2.45) is 5.73 Å². The standard InChI is InChI=1S/C12H12FNS/c1-8-11(4-5-15-8)9-2-3-12(13)10(6-9)7-14/h2-6H,7,14H2,1H3. The zero-order valence-corrected chi connectivity index (χ0v) is 9.27. The summed E-state index contributed by atoms with van der Waals surface area (Å²) < 4.78 is 13.2. The summed E-state index contributed by atoms with van der Waals surface area (Å²) in [5.41, 5.74) is 8.24. The van der Waals surface area contributed by atoms with E-state index in [9.17, 15) is 4.39 Å². The van der Waals surface area contributed by atoms with Crippen LogP contribution in [-0.4, -0.2) is 0 Å². The van der Waals surface area contributed by atoms with Crippen LogP contribution in [0.1, 0.15) is 10.4 Å². The molecule has 0 bridgehead atoms. The van der Waals surface area contributed by atoms with Crippen LogP contribution in [0, 0.1) is 12.7 Å². The quantitative estimate of drug-likeness (QED) is 0.827. The number of rotatable bonds is 2. The van der Waals surface area contributed by atoms with E-state index < -0.39 is 0 Å². The predicted octanol–water partition coefficient (Wildman–Crippen LogP) is 3.32. The third-order valence-electron chi connectivity index (χ3n) is 2.44. The van der Waals surface area contributed by atoms with Crippen LogP contribution in [0.4, 0.5) is 4.39 Å². The maximum Gasteiger partial charge on any atom is 0.127 e. The van der Waals surface area contributed by atoms with Gasteiger partial charge in [-0.1, -0.05) is 6.07 Å². The molecule has 0 spiro atoms. The van der Waals surface area contributed by atoms with E-state index >= 15 is 0 Å². The summed E-state index contributed by atoms with van der Waals surface area (Å²) in [6.07, 6.45) is 0. The molecule has 0 saturated carbocycles. The molecule has 2 rings (SSSR count). The van der Waals surface area contributed by atoms with Crippen molar-refractivity contribution in [1.82, 2.24) is 0 Å². The van der Waals surface area contributed by atoms with Gasteiger partial charge < -0.3 is 5.73 Å². The Morgan fingerprint density at radius 2 is 2.13 bits per heavy atom. The fourth-order valence-corrected chi connectivity index (χ4v) is 2.30. The van der Waals surface area contributed by atoms with Crippen LogP contribution >= 0.6 is 11.3 Å². The highest BCUT2D eigenvalue weighted by Crippen LogP contribution is 2.28. The molecule has 15 heavy (non-hydrogen) atoms. The van der Waals surface area contributed by atoms with Crippen LogP contribution in [-0.2, 0) is 6.54 Å². The average Bonchev–Trinajstić information content (AvgIpc) is 2.65. The number of hydrogen-bond acceptors (Lipinski definition) is 2. The molecule has 0 amide bonds. The number of nitrogens with two attached hydrogens (primary N) is 1. The van der Waals surface area contributed by atoms with Gasteiger partial charge in [-0.3, -0.25) is 0 Å². The van der Waals surface area contributed by atoms with Gasteiger partial charge in [-0.15, -0.1) is 11.3 Å². The summed E-state index contributed by atoms with van der Waals surface area (Å²) >= 11 is 1.69. The lowest BCUT2D eigenvalue weighted by Gasteiger charge is -2.04. The third-order valence-corrected chi connectivity index (χ3v) is 3.28. The highest BCUT2D eigenvalue weighted by atomic mass is 32.1. The van der Waals surface area contributed by atoms with Gasteiger partial charge in [0.1, 0.15) is 5.82 Å². The van der Waals surface area contributed by atoms with Crippen LogP contribution in [0.15, 0.2) is 29.6 Å². The minimum atomic E-state index is -0.228. The van der Waals surface area contributed by atoms with E-state index in [1.807, 2.05) is 17.5 Å². The number of hydrogen-bond donors (Lipinski definition) is 1. The zero-order valence-electron chi connectivity index (χ0n) is 8.46. The monoisotopic (exact) mass is 221 g/mol. The van der Waals surface area contributed by atoms with E-state index in [-0.39, 0.29) is 12.4 Å². The fraction of sp³-hybridized carbons (Fsp3) is 0.167. The normalized spacial score (nSPS) is 10.6. The van der Waals surface area contributed by atoms with Crippen molar-refractivity contribution in [3.05, 3.63) is 45.9 Å². The first-order valence-corrected chi connectivity index (χ1v) is 5.63. The topological polar surface area (TPSA) is 26.0 Å². The van der Waals surface area contributed by atoms with Crippen molar-refractivity contribution in [1.29, 1.82) is 0 Å². The summed E-state index contributed by atoms with van der Waals surface area (Å²) in [7, 11) is 0. The van der Waals surface area contributed by atoms with Gasteiger partial charge in [0.05, 0.1) is 0 Å². The molecule has 0 radical (unpaired) electrons. The van der Waals surface area contributed by atoms with Gasteiger partial charge in [0.15, 0.2) is 0 Å². The average molecular weight is 221 g/mol.